The van der Waals surface area contributed by atoms with E-state index in [1.54, 1.807) is 11.1 Å². The van der Waals surface area contributed by atoms with E-state index >= 15 is 0 Å². The molecule has 2 aliphatic heterocycles. The van der Waals surface area contributed by atoms with Crippen molar-refractivity contribution in [2.24, 2.45) is 5.41 Å². The van der Waals surface area contributed by atoms with Crippen LogP contribution in [0.1, 0.15) is 37.7 Å². The van der Waals surface area contributed by atoms with Gasteiger partial charge in [-0.1, -0.05) is 0 Å². The highest BCUT2D eigenvalue weighted by atomic mass is 16.4. The first-order valence-electron chi connectivity index (χ1n) is 8.30. The van der Waals surface area contributed by atoms with Crippen LogP contribution in [0.5, 0.6) is 0 Å². The first kappa shape index (κ1) is 16.0. The molecule has 1 atom stereocenters. The summed E-state index contributed by atoms with van der Waals surface area (Å²) in [5.41, 5.74) is 1.07. The van der Waals surface area contributed by atoms with Gasteiger partial charge in [-0.3, -0.25) is 9.89 Å². The minimum Gasteiger partial charge on any atom is -0.480 e. The number of aliphatic carboxylic acids is 1. The zero-order valence-electron chi connectivity index (χ0n) is 13.3. The second-order valence-corrected chi connectivity index (χ2v) is 6.79. The van der Waals surface area contributed by atoms with Crippen LogP contribution in [0.2, 0.25) is 0 Å². The lowest BCUT2D eigenvalue weighted by molar-refractivity contribution is -0.148. The Morgan fingerprint density at radius 2 is 2.17 bits per heavy atom. The summed E-state index contributed by atoms with van der Waals surface area (Å²) in [5, 5.41) is 19.5. The number of nitrogens with zero attached hydrogens (tertiary/aromatic N) is 2. The number of carbonyl (C=O) groups is 2. The van der Waals surface area contributed by atoms with Crippen LogP contribution in [0, 0.1) is 5.41 Å². The van der Waals surface area contributed by atoms with Gasteiger partial charge in [0.2, 0.25) is 5.91 Å². The number of hydrogen-bond donors (Lipinski definition) is 3. The van der Waals surface area contributed by atoms with Gasteiger partial charge < -0.3 is 15.3 Å². The summed E-state index contributed by atoms with van der Waals surface area (Å²) in [7, 11) is 0. The Hall–Kier alpha value is -1.89. The number of aromatic nitrogens is 2. The molecule has 2 aliphatic rings. The lowest BCUT2D eigenvalue weighted by atomic mass is 9.77. The summed E-state index contributed by atoms with van der Waals surface area (Å²) in [6.07, 6.45) is 7.97. The molecule has 7 heteroatoms. The van der Waals surface area contributed by atoms with Crippen molar-refractivity contribution in [3.05, 3.63) is 18.0 Å². The van der Waals surface area contributed by atoms with Crippen molar-refractivity contribution in [3.63, 3.8) is 0 Å². The standard InChI is InChI=1S/C16H24N4O3/c21-14(3-1-2-12-9-18-19-10-12)20-11-16(4-6-17-7-5-16)8-13(20)15(22)23/h9-10,13,17H,1-8,11H2,(H,18,19)(H,22,23). The molecule has 0 aliphatic carbocycles. The molecule has 0 radical (unpaired) electrons. The molecule has 1 spiro atoms. The summed E-state index contributed by atoms with van der Waals surface area (Å²) in [6.45, 7) is 2.42. The van der Waals surface area contributed by atoms with Crippen LogP contribution in [-0.2, 0) is 16.0 Å². The maximum Gasteiger partial charge on any atom is 0.326 e. The Bertz CT molecular complexity index is 552. The zero-order chi connectivity index (χ0) is 16.3. The van der Waals surface area contributed by atoms with Crippen molar-refractivity contribution in [2.75, 3.05) is 19.6 Å². The quantitative estimate of drug-likeness (QED) is 0.745. The van der Waals surface area contributed by atoms with Crippen LogP contribution in [0.4, 0.5) is 0 Å². The third kappa shape index (κ3) is 3.55. The van der Waals surface area contributed by atoms with Gasteiger partial charge in [0.05, 0.1) is 6.20 Å². The molecule has 7 nitrogen and oxygen atoms in total. The molecule has 3 heterocycles. The van der Waals surface area contributed by atoms with Crippen LogP contribution in [0.25, 0.3) is 0 Å². The number of rotatable bonds is 5. The number of carboxylic acid groups (broad SMARTS) is 1. The number of likely N-dealkylation sites (tertiary alicyclic amines) is 1. The molecule has 1 unspecified atom stereocenters. The SMILES string of the molecule is O=C(O)C1CC2(CCNCC2)CN1C(=O)CCCc1cn[nH]c1. The number of aromatic amines is 1. The largest absolute Gasteiger partial charge is 0.480 e. The van der Waals surface area contributed by atoms with E-state index in [4.69, 9.17) is 0 Å². The third-order valence-corrected chi connectivity index (χ3v) is 5.19. The number of carbonyl (C=O) groups excluding carboxylic acids is 1. The van der Waals surface area contributed by atoms with Crippen molar-refractivity contribution in [1.29, 1.82) is 0 Å². The van der Waals surface area contributed by atoms with E-state index in [1.807, 2.05) is 6.20 Å². The Kier molecular flexibility index (Phi) is 4.66. The van der Waals surface area contributed by atoms with Gasteiger partial charge in [-0.2, -0.15) is 5.10 Å². The Morgan fingerprint density at radius 3 is 2.83 bits per heavy atom. The lowest BCUT2D eigenvalue weighted by Gasteiger charge is -2.33. The highest BCUT2D eigenvalue weighted by Gasteiger charge is 2.48. The van der Waals surface area contributed by atoms with Gasteiger partial charge in [-0.25, -0.2) is 4.79 Å². The molecule has 0 saturated carbocycles. The average molecular weight is 320 g/mol. The Balaban J connectivity index is 1.59. The number of hydrogen-bond acceptors (Lipinski definition) is 4. The van der Waals surface area contributed by atoms with Gasteiger partial charge >= 0.3 is 5.97 Å². The van der Waals surface area contributed by atoms with Gasteiger partial charge in [0.15, 0.2) is 0 Å². The number of carboxylic acids is 1. The number of piperidine rings is 1. The van der Waals surface area contributed by atoms with E-state index in [0.29, 0.717) is 19.4 Å². The topological polar surface area (TPSA) is 98.3 Å². The van der Waals surface area contributed by atoms with Gasteiger partial charge in [-0.15, -0.1) is 0 Å². The number of H-pyrrole nitrogens is 1. The summed E-state index contributed by atoms with van der Waals surface area (Å²) in [4.78, 5) is 25.7. The van der Waals surface area contributed by atoms with E-state index < -0.39 is 12.0 Å². The number of amides is 1. The third-order valence-electron chi connectivity index (χ3n) is 5.19. The van der Waals surface area contributed by atoms with Crippen LogP contribution in [-0.4, -0.2) is 57.8 Å². The highest BCUT2D eigenvalue weighted by molar-refractivity contribution is 5.84. The fraction of sp³-hybridized carbons (Fsp3) is 0.688. The summed E-state index contributed by atoms with van der Waals surface area (Å²) >= 11 is 0. The number of nitrogens with one attached hydrogen (secondary N) is 2. The van der Waals surface area contributed by atoms with Crippen molar-refractivity contribution in [3.8, 4) is 0 Å². The van der Waals surface area contributed by atoms with Crippen molar-refractivity contribution in [2.45, 2.75) is 44.6 Å². The molecule has 126 valence electrons. The second-order valence-electron chi connectivity index (χ2n) is 6.79. The maximum atomic E-state index is 12.5. The van der Waals surface area contributed by atoms with Crippen LogP contribution < -0.4 is 5.32 Å². The molecule has 1 aromatic heterocycles. The molecule has 3 rings (SSSR count). The van der Waals surface area contributed by atoms with Crippen LogP contribution in [0.15, 0.2) is 12.4 Å². The van der Waals surface area contributed by atoms with E-state index in [9.17, 15) is 14.7 Å². The molecule has 23 heavy (non-hydrogen) atoms. The molecule has 0 bridgehead atoms. The van der Waals surface area contributed by atoms with Gasteiger partial charge in [0, 0.05) is 19.2 Å². The van der Waals surface area contributed by atoms with E-state index in [-0.39, 0.29) is 11.3 Å². The molecule has 3 N–H and O–H groups in total. The summed E-state index contributed by atoms with van der Waals surface area (Å²) in [5.74, 6) is -0.903. The van der Waals surface area contributed by atoms with Crippen LogP contribution >= 0.6 is 0 Å². The molecule has 0 aromatic carbocycles. The predicted octanol–water partition coefficient (Wildman–Crippen LogP) is 0.788. The monoisotopic (exact) mass is 320 g/mol. The second kappa shape index (κ2) is 6.70. The zero-order valence-corrected chi connectivity index (χ0v) is 13.3. The maximum absolute atomic E-state index is 12.5. The Morgan fingerprint density at radius 1 is 1.39 bits per heavy atom. The fourth-order valence-corrected chi connectivity index (χ4v) is 3.86. The van der Waals surface area contributed by atoms with E-state index in [0.717, 1.165) is 44.3 Å². The first-order chi connectivity index (χ1) is 11.1. The van der Waals surface area contributed by atoms with Gasteiger partial charge in [-0.05, 0) is 56.2 Å². The van der Waals surface area contributed by atoms with Crippen LogP contribution in [0.3, 0.4) is 0 Å². The molecule has 2 saturated heterocycles. The fourth-order valence-electron chi connectivity index (χ4n) is 3.86. The Labute approximate surface area is 135 Å². The molecular formula is C16H24N4O3. The molecule has 2 fully saturated rings. The minimum atomic E-state index is -0.872. The highest BCUT2D eigenvalue weighted by Crippen LogP contribution is 2.42. The van der Waals surface area contributed by atoms with Crippen molar-refractivity contribution < 1.29 is 14.7 Å². The molecule has 1 aromatic rings. The predicted molar refractivity (Wildman–Crippen MR) is 83.8 cm³/mol. The van der Waals surface area contributed by atoms with Gasteiger partial charge in [0.1, 0.15) is 6.04 Å². The normalized spacial score (nSPS) is 23.3. The number of aryl methyl sites for hydroxylation is 1. The van der Waals surface area contributed by atoms with E-state index in [2.05, 4.69) is 15.5 Å². The lowest BCUT2D eigenvalue weighted by Crippen LogP contribution is -2.41. The molecule has 1 amide bonds. The van der Waals surface area contributed by atoms with E-state index in [1.165, 1.54) is 0 Å². The summed E-state index contributed by atoms with van der Waals surface area (Å²) < 4.78 is 0. The summed E-state index contributed by atoms with van der Waals surface area (Å²) in [6, 6.07) is -0.658. The van der Waals surface area contributed by atoms with Gasteiger partial charge in [0.25, 0.3) is 0 Å². The molecular weight excluding hydrogens is 296 g/mol. The first-order valence-corrected chi connectivity index (χ1v) is 8.30. The van der Waals surface area contributed by atoms with Crippen molar-refractivity contribution >= 4 is 11.9 Å². The smallest absolute Gasteiger partial charge is 0.326 e. The average Bonchev–Trinajstić information content (AvgIpc) is 3.16. The minimum absolute atomic E-state index is 0.00543. The van der Waals surface area contributed by atoms with Crippen molar-refractivity contribution in [1.82, 2.24) is 20.4 Å².